The minimum atomic E-state index is 0.0288. The van der Waals surface area contributed by atoms with Crippen molar-refractivity contribution >= 4 is 16.9 Å². The maximum absolute atomic E-state index is 12.7. The summed E-state index contributed by atoms with van der Waals surface area (Å²) in [5, 5.41) is 3.11. The first-order valence-corrected chi connectivity index (χ1v) is 13.3. The summed E-state index contributed by atoms with van der Waals surface area (Å²) in [5.41, 5.74) is 12.1. The quantitative estimate of drug-likeness (QED) is 0.252. The Morgan fingerprint density at radius 1 is 0.789 bits per heavy atom. The number of fused-ring (bicyclic) bond motifs is 1. The number of carbonyl (C=O) groups excluding carboxylic acids is 1. The Balaban J connectivity index is 1.27. The number of nitrogens with one attached hydrogen (secondary N) is 1. The summed E-state index contributed by atoms with van der Waals surface area (Å²) < 4.78 is 2.32. The van der Waals surface area contributed by atoms with E-state index in [1.54, 1.807) is 0 Å². The maximum atomic E-state index is 12.7. The SMILES string of the molecule is Cc1cc(C)c(C)c(Cn2c(CCNC(=O)Cc3ccc(-c4ccccc4)cc3)nc3ccccc32)c1C. The van der Waals surface area contributed by atoms with Crippen molar-refractivity contribution in [2.75, 3.05) is 6.54 Å². The molecule has 4 nitrogen and oxygen atoms in total. The van der Waals surface area contributed by atoms with E-state index in [9.17, 15) is 4.79 Å². The van der Waals surface area contributed by atoms with Gasteiger partial charge in [0.15, 0.2) is 0 Å². The highest BCUT2D eigenvalue weighted by Crippen LogP contribution is 2.26. The van der Waals surface area contributed by atoms with Gasteiger partial charge in [-0.15, -0.1) is 0 Å². The highest BCUT2D eigenvalue weighted by Gasteiger charge is 2.15. The molecule has 0 atom stereocenters. The molecule has 1 amide bonds. The predicted octanol–water partition coefficient (Wildman–Crippen LogP) is 6.89. The fourth-order valence-corrected chi connectivity index (χ4v) is 5.19. The van der Waals surface area contributed by atoms with Crippen LogP contribution in [0, 0.1) is 27.7 Å². The zero-order valence-corrected chi connectivity index (χ0v) is 22.7. The first-order valence-electron chi connectivity index (χ1n) is 13.3. The minimum absolute atomic E-state index is 0.0288. The van der Waals surface area contributed by atoms with E-state index in [-0.39, 0.29) is 5.91 Å². The van der Waals surface area contributed by atoms with Crippen LogP contribution < -0.4 is 5.32 Å². The molecule has 192 valence electrons. The lowest BCUT2D eigenvalue weighted by atomic mass is 9.94. The van der Waals surface area contributed by atoms with Gasteiger partial charge in [0.25, 0.3) is 0 Å². The van der Waals surface area contributed by atoms with E-state index in [1.807, 2.05) is 36.4 Å². The number of carbonyl (C=O) groups is 1. The lowest BCUT2D eigenvalue weighted by Gasteiger charge is -2.18. The predicted molar refractivity (Wildman–Crippen MR) is 157 cm³/mol. The minimum Gasteiger partial charge on any atom is -0.355 e. The van der Waals surface area contributed by atoms with Gasteiger partial charge in [0.2, 0.25) is 5.91 Å². The summed E-state index contributed by atoms with van der Waals surface area (Å²) in [5.74, 6) is 1.03. The van der Waals surface area contributed by atoms with Crippen LogP contribution in [0.25, 0.3) is 22.2 Å². The smallest absolute Gasteiger partial charge is 0.224 e. The fourth-order valence-electron chi connectivity index (χ4n) is 5.19. The Morgan fingerprint density at radius 2 is 1.42 bits per heavy atom. The Morgan fingerprint density at radius 3 is 2.13 bits per heavy atom. The average Bonchev–Trinajstić information content (AvgIpc) is 3.28. The zero-order valence-electron chi connectivity index (χ0n) is 22.7. The van der Waals surface area contributed by atoms with Gasteiger partial charge < -0.3 is 9.88 Å². The van der Waals surface area contributed by atoms with Crippen molar-refractivity contribution in [3.63, 3.8) is 0 Å². The molecule has 1 N–H and O–H groups in total. The van der Waals surface area contributed by atoms with Gasteiger partial charge in [-0.2, -0.15) is 0 Å². The number of benzene rings is 4. The zero-order chi connectivity index (χ0) is 26.6. The molecule has 0 radical (unpaired) electrons. The van der Waals surface area contributed by atoms with Crippen molar-refractivity contribution in [3.05, 3.63) is 124 Å². The van der Waals surface area contributed by atoms with E-state index in [1.165, 1.54) is 33.4 Å². The normalized spacial score (nSPS) is 11.2. The van der Waals surface area contributed by atoms with Gasteiger partial charge in [-0.25, -0.2) is 4.98 Å². The molecule has 5 rings (SSSR count). The van der Waals surface area contributed by atoms with Gasteiger partial charge in [0, 0.05) is 19.5 Å². The van der Waals surface area contributed by atoms with Gasteiger partial charge >= 0.3 is 0 Å². The largest absolute Gasteiger partial charge is 0.355 e. The molecule has 0 aliphatic carbocycles. The number of nitrogens with zero attached hydrogens (tertiary/aromatic N) is 2. The molecular formula is C34H35N3O. The number of imidazole rings is 1. The van der Waals surface area contributed by atoms with Crippen molar-refractivity contribution < 1.29 is 4.79 Å². The van der Waals surface area contributed by atoms with Gasteiger partial charge in [0.05, 0.1) is 17.5 Å². The molecule has 0 spiro atoms. The van der Waals surface area contributed by atoms with Crippen LogP contribution >= 0.6 is 0 Å². The second kappa shape index (κ2) is 11.1. The Kier molecular flexibility index (Phi) is 7.41. The van der Waals surface area contributed by atoms with E-state index in [4.69, 9.17) is 4.98 Å². The third kappa shape index (κ3) is 5.40. The standard InChI is InChI=1S/C34H35N3O/c1-23-20-24(2)26(4)30(25(23)3)22-37-32-13-9-8-12-31(32)36-33(37)18-19-35-34(38)21-27-14-16-29(17-15-27)28-10-6-5-7-11-28/h5-17,20H,18-19,21-22H2,1-4H3,(H,35,38). The summed E-state index contributed by atoms with van der Waals surface area (Å²) in [4.78, 5) is 17.7. The van der Waals surface area contributed by atoms with Gasteiger partial charge in [-0.1, -0.05) is 72.8 Å². The third-order valence-corrected chi connectivity index (χ3v) is 7.67. The number of aryl methyl sites for hydroxylation is 2. The van der Waals surface area contributed by atoms with Crippen molar-refractivity contribution in [2.24, 2.45) is 0 Å². The lowest BCUT2D eigenvalue weighted by molar-refractivity contribution is -0.120. The molecule has 1 aromatic heterocycles. The van der Waals surface area contributed by atoms with Crippen LogP contribution in [0.15, 0.2) is 84.9 Å². The van der Waals surface area contributed by atoms with Crippen LogP contribution in [0.2, 0.25) is 0 Å². The number of rotatable bonds is 8. The second-order valence-corrected chi connectivity index (χ2v) is 10.2. The molecule has 0 fully saturated rings. The van der Waals surface area contributed by atoms with Gasteiger partial charge in [-0.05, 0) is 84.3 Å². The van der Waals surface area contributed by atoms with Gasteiger partial charge in [0.1, 0.15) is 5.82 Å². The van der Waals surface area contributed by atoms with Crippen LogP contribution in [0.5, 0.6) is 0 Å². The van der Waals surface area contributed by atoms with E-state index in [2.05, 4.69) is 86.1 Å². The Bertz CT molecular complexity index is 1550. The number of hydrogen-bond donors (Lipinski definition) is 1. The van der Waals surface area contributed by atoms with E-state index >= 15 is 0 Å². The lowest BCUT2D eigenvalue weighted by Crippen LogP contribution is -2.28. The summed E-state index contributed by atoms with van der Waals surface area (Å²) in [7, 11) is 0. The number of aromatic nitrogens is 2. The molecule has 4 aromatic carbocycles. The van der Waals surface area contributed by atoms with Crippen LogP contribution in [0.4, 0.5) is 0 Å². The van der Waals surface area contributed by atoms with Crippen LogP contribution in [-0.2, 0) is 24.2 Å². The van der Waals surface area contributed by atoms with E-state index < -0.39 is 0 Å². The molecule has 0 aliphatic heterocycles. The summed E-state index contributed by atoms with van der Waals surface area (Å²) in [6, 6.07) is 29.1. The molecule has 38 heavy (non-hydrogen) atoms. The van der Waals surface area contributed by atoms with Crippen molar-refractivity contribution in [3.8, 4) is 11.1 Å². The van der Waals surface area contributed by atoms with Crippen molar-refractivity contribution in [1.82, 2.24) is 14.9 Å². The molecular weight excluding hydrogens is 466 g/mol. The van der Waals surface area contributed by atoms with Crippen LogP contribution in [-0.4, -0.2) is 22.0 Å². The monoisotopic (exact) mass is 501 g/mol. The Labute approximate surface area is 225 Å². The van der Waals surface area contributed by atoms with Crippen molar-refractivity contribution in [2.45, 2.75) is 47.1 Å². The highest BCUT2D eigenvalue weighted by molar-refractivity contribution is 5.79. The van der Waals surface area contributed by atoms with Crippen molar-refractivity contribution in [1.29, 1.82) is 0 Å². The second-order valence-electron chi connectivity index (χ2n) is 10.2. The molecule has 0 saturated carbocycles. The molecule has 0 saturated heterocycles. The average molecular weight is 502 g/mol. The number of para-hydroxylation sites is 2. The summed E-state index contributed by atoms with van der Waals surface area (Å²) in [6.07, 6.45) is 1.04. The summed E-state index contributed by atoms with van der Waals surface area (Å²) in [6.45, 7) is 10.1. The Hall–Kier alpha value is -4.18. The fraction of sp³-hybridized carbons (Fsp3) is 0.235. The van der Waals surface area contributed by atoms with Crippen LogP contribution in [0.1, 0.15) is 39.2 Å². The first kappa shape index (κ1) is 25.5. The molecule has 0 unspecified atom stereocenters. The number of hydrogen-bond acceptors (Lipinski definition) is 2. The van der Waals surface area contributed by atoms with E-state index in [0.29, 0.717) is 19.4 Å². The molecule has 0 bridgehead atoms. The topological polar surface area (TPSA) is 46.9 Å². The summed E-state index contributed by atoms with van der Waals surface area (Å²) >= 11 is 0. The molecule has 5 aromatic rings. The third-order valence-electron chi connectivity index (χ3n) is 7.67. The van der Waals surface area contributed by atoms with Crippen LogP contribution in [0.3, 0.4) is 0 Å². The highest BCUT2D eigenvalue weighted by atomic mass is 16.1. The molecule has 4 heteroatoms. The first-order chi connectivity index (χ1) is 18.4. The van der Waals surface area contributed by atoms with Gasteiger partial charge in [-0.3, -0.25) is 4.79 Å². The van der Waals surface area contributed by atoms with E-state index in [0.717, 1.165) is 34.5 Å². The molecule has 0 aliphatic rings. The molecule has 1 heterocycles. The maximum Gasteiger partial charge on any atom is 0.224 e. The number of amides is 1.